The fraction of sp³-hybridized carbons (Fsp3) is 0.389. The summed E-state index contributed by atoms with van der Waals surface area (Å²) in [6.07, 6.45) is 5.69. The maximum Gasteiger partial charge on any atom is 0.253 e. The molecule has 1 aliphatic heterocycles. The number of carbonyl (C=O) groups is 1. The molecule has 0 saturated carbocycles. The van der Waals surface area contributed by atoms with E-state index in [-0.39, 0.29) is 18.1 Å². The van der Waals surface area contributed by atoms with E-state index >= 15 is 0 Å². The van der Waals surface area contributed by atoms with Gasteiger partial charge in [0.25, 0.3) is 5.91 Å². The van der Waals surface area contributed by atoms with Crippen LogP contribution in [0.1, 0.15) is 10.4 Å². The SMILES string of the molecule is CO[C@H]1CN(C#N)C[C@@H]1N(C)C(=O)c1ccc(-c2cnn(C)c2)cc1. The van der Waals surface area contributed by atoms with Crippen molar-refractivity contribution in [1.82, 2.24) is 19.6 Å². The van der Waals surface area contributed by atoms with Crippen LogP contribution in [0.25, 0.3) is 11.1 Å². The normalized spacial score (nSPS) is 19.7. The van der Waals surface area contributed by atoms with Crippen molar-refractivity contribution in [1.29, 1.82) is 5.26 Å². The molecule has 0 aliphatic carbocycles. The highest BCUT2D eigenvalue weighted by atomic mass is 16.5. The van der Waals surface area contributed by atoms with E-state index in [2.05, 4.69) is 11.3 Å². The molecule has 2 aromatic rings. The maximum atomic E-state index is 12.8. The molecule has 1 aliphatic rings. The third-order valence-electron chi connectivity index (χ3n) is 4.67. The molecule has 0 spiro atoms. The molecule has 7 heteroatoms. The molecule has 0 N–H and O–H groups in total. The minimum atomic E-state index is -0.164. The van der Waals surface area contributed by atoms with Gasteiger partial charge in [-0.2, -0.15) is 10.4 Å². The molecular formula is C18H21N5O2. The number of ether oxygens (including phenoxy) is 1. The van der Waals surface area contributed by atoms with Crippen LogP contribution in [0.15, 0.2) is 36.7 Å². The van der Waals surface area contributed by atoms with Gasteiger partial charge in [0.2, 0.25) is 0 Å². The quantitative estimate of drug-likeness (QED) is 0.786. The molecule has 1 saturated heterocycles. The molecule has 7 nitrogen and oxygen atoms in total. The van der Waals surface area contributed by atoms with E-state index in [1.807, 2.05) is 37.5 Å². The topological polar surface area (TPSA) is 74.4 Å². The van der Waals surface area contributed by atoms with Gasteiger partial charge in [0, 0.05) is 38.5 Å². The Morgan fingerprint density at radius 3 is 2.60 bits per heavy atom. The fourth-order valence-electron chi connectivity index (χ4n) is 3.17. The zero-order valence-electron chi connectivity index (χ0n) is 14.6. The highest BCUT2D eigenvalue weighted by Crippen LogP contribution is 2.22. The van der Waals surface area contributed by atoms with Gasteiger partial charge in [-0.3, -0.25) is 9.48 Å². The number of nitrogens with zero attached hydrogens (tertiary/aromatic N) is 5. The molecule has 0 radical (unpaired) electrons. The van der Waals surface area contributed by atoms with Gasteiger partial charge in [-0.25, -0.2) is 0 Å². The van der Waals surface area contributed by atoms with E-state index in [0.29, 0.717) is 18.7 Å². The van der Waals surface area contributed by atoms with Gasteiger partial charge in [-0.05, 0) is 17.7 Å². The van der Waals surface area contributed by atoms with E-state index in [1.54, 1.807) is 34.8 Å². The lowest BCUT2D eigenvalue weighted by atomic mass is 10.1. The van der Waals surface area contributed by atoms with Crippen LogP contribution in [0, 0.1) is 11.5 Å². The molecule has 1 fully saturated rings. The molecule has 2 heterocycles. The Labute approximate surface area is 147 Å². The Hall–Kier alpha value is -2.85. The summed E-state index contributed by atoms with van der Waals surface area (Å²) < 4.78 is 7.19. The summed E-state index contributed by atoms with van der Waals surface area (Å²) in [6.45, 7) is 1.00. The molecule has 130 valence electrons. The summed E-state index contributed by atoms with van der Waals surface area (Å²) in [4.78, 5) is 16.1. The first-order valence-electron chi connectivity index (χ1n) is 8.07. The number of likely N-dealkylation sites (tertiary alicyclic amines) is 1. The first-order chi connectivity index (χ1) is 12.0. The Morgan fingerprint density at radius 1 is 1.32 bits per heavy atom. The molecule has 1 aromatic carbocycles. The number of methoxy groups -OCH3 is 1. The average Bonchev–Trinajstić information content (AvgIpc) is 3.26. The van der Waals surface area contributed by atoms with Crippen molar-refractivity contribution in [3.8, 4) is 17.3 Å². The molecule has 1 aromatic heterocycles. The molecule has 0 unspecified atom stereocenters. The van der Waals surface area contributed by atoms with Crippen molar-refractivity contribution >= 4 is 5.91 Å². The van der Waals surface area contributed by atoms with Gasteiger partial charge in [-0.15, -0.1) is 0 Å². The van der Waals surface area contributed by atoms with Crippen molar-refractivity contribution in [3.63, 3.8) is 0 Å². The number of aryl methyl sites for hydroxylation is 1. The molecule has 3 rings (SSSR count). The Kier molecular flexibility index (Phi) is 4.72. The van der Waals surface area contributed by atoms with Gasteiger partial charge < -0.3 is 14.5 Å². The van der Waals surface area contributed by atoms with E-state index in [0.717, 1.165) is 11.1 Å². The second-order valence-electron chi connectivity index (χ2n) is 6.24. The van der Waals surface area contributed by atoms with Gasteiger partial charge in [0.1, 0.15) is 0 Å². The summed E-state index contributed by atoms with van der Waals surface area (Å²) >= 11 is 0. The lowest BCUT2D eigenvalue weighted by Gasteiger charge is -2.28. The van der Waals surface area contributed by atoms with Crippen LogP contribution >= 0.6 is 0 Å². The average molecular weight is 339 g/mol. The smallest absolute Gasteiger partial charge is 0.253 e. The number of benzene rings is 1. The van der Waals surface area contributed by atoms with Gasteiger partial charge in [0.05, 0.1) is 31.4 Å². The largest absolute Gasteiger partial charge is 0.377 e. The van der Waals surface area contributed by atoms with Crippen molar-refractivity contribution in [2.75, 3.05) is 27.2 Å². The van der Waals surface area contributed by atoms with E-state index < -0.39 is 0 Å². The third kappa shape index (κ3) is 3.35. The first kappa shape index (κ1) is 17.0. The van der Waals surface area contributed by atoms with E-state index in [4.69, 9.17) is 10.00 Å². The minimum Gasteiger partial charge on any atom is -0.377 e. The predicted molar refractivity (Wildman–Crippen MR) is 92.5 cm³/mol. The first-order valence-corrected chi connectivity index (χ1v) is 8.07. The van der Waals surface area contributed by atoms with Crippen molar-refractivity contribution in [2.24, 2.45) is 7.05 Å². The van der Waals surface area contributed by atoms with Gasteiger partial charge in [-0.1, -0.05) is 12.1 Å². The summed E-state index contributed by atoms with van der Waals surface area (Å²) in [6, 6.07) is 7.33. The Bertz CT molecular complexity index is 793. The van der Waals surface area contributed by atoms with Crippen LogP contribution in [0.3, 0.4) is 0 Å². The Balaban J connectivity index is 1.75. The van der Waals surface area contributed by atoms with Crippen LogP contribution in [-0.2, 0) is 11.8 Å². The van der Waals surface area contributed by atoms with Crippen LogP contribution < -0.4 is 0 Å². The molecule has 25 heavy (non-hydrogen) atoms. The highest BCUT2D eigenvalue weighted by Gasteiger charge is 2.37. The summed E-state index contributed by atoms with van der Waals surface area (Å²) in [5.74, 6) is -0.0791. The van der Waals surface area contributed by atoms with Gasteiger partial charge in [0.15, 0.2) is 6.19 Å². The lowest BCUT2D eigenvalue weighted by molar-refractivity contribution is 0.0418. The van der Waals surface area contributed by atoms with E-state index in [9.17, 15) is 4.79 Å². The summed E-state index contributed by atoms with van der Waals surface area (Å²) in [5, 5.41) is 13.2. The standard InChI is InChI=1S/C18H21N5O2/c1-21-9-15(8-20-21)13-4-6-14(7-5-13)18(24)22(2)16-10-23(12-19)11-17(16)25-3/h4-9,16-17H,10-11H2,1-3H3/t16-,17-/m0/s1. The summed E-state index contributed by atoms with van der Waals surface area (Å²) in [7, 11) is 5.24. The number of likely N-dealkylation sites (N-methyl/N-ethyl adjacent to an activating group) is 1. The van der Waals surface area contributed by atoms with Crippen LogP contribution in [0.5, 0.6) is 0 Å². The third-order valence-corrected chi connectivity index (χ3v) is 4.67. The number of aromatic nitrogens is 2. The summed E-state index contributed by atoms with van der Waals surface area (Å²) in [5.41, 5.74) is 2.63. The molecule has 2 atom stereocenters. The molecule has 1 amide bonds. The second kappa shape index (κ2) is 6.95. The number of nitriles is 1. The van der Waals surface area contributed by atoms with E-state index in [1.165, 1.54) is 0 Å². The lowest BCUT2D eigenvalue weighted by Crippen LogP contribution is -2.44. The number of hydrogen-bond acceptors (Lipinski definition) is 5. The van der Waals surface area contributed by atoms with Gasteiger partial charge >= 0.3 is 0 Å². The minimum absolute atomic E-state index is 0.0791. The van der Waals surface area contributed by atoms with Crippen LogP contribution in [0.2, 0.25) is 0 Å². The number of amides is 1. The number of hydrogen-bond donors (Lipinski definition) is 0. The number of carbonyl (C=O) groups excluding carboxylic acids is 1. The monoisotopic (exact) mass is 339 g/mol. The maximum absolute atomic E-state index is 12.8. The van der Waals surface area contributed by atoms with Crippen LogP contribution in [-0.4, -0.2) is 64.9 Å². The van der Waals surface area contributed by atoms with Crippen molar-refractivity contribution < 1.29 is 9.53 Å². The number of rotatable bonds is 4. The highest BCUT2D eigenvalue weighted by molar-refractivity contribution is 5.94. The zero-order chi connectivity index (χ0) is 18.0. The zero-order valence-corrected chi connectivity index (χ0v) is 14.6. The molecule has 0 bridgehead atoms. The predicted octanol–water partition coefficient (Wildman–Crippen LogP) is 1.34. The van der Waals surface area contributed by atoms with Crippen molar-refractivity contribution in [3.05, 3.63) is 42.2 Å². The van der Waals surface area contributed by atoms with Crippen molar-refractivity contribution in [2.45, 2.75) is 12.1 Å². The molecular weight excluding hydrogens is 318 g/mol. The fourth-order valence-corrected chi connectivity index (χ4v) is 3.17. The van der Waals surface area contributed by atoms with Crippen LogP contribution in [0.4, 0.5) is 0 Å². The second-order valence-corrected chi connectivity index (χ2v) is 6.24. The Morgan fingerprint density at radius 2 is 2.04 bits per heavy atom.